The van der Waals surface area contributed by atoms with Gasteiger partial charge >= 0.3 is 0 Å². The maximum atomic E-state index is 5.68. The SMILES string of the molecule is ClC(Cl)=C(Cl)N1CC=CCO1. The van der Waals surface area contributed by atoms with Crippen molar-refractivity contribution in [3.8, 4) is 0 Å². The van der Waals surface area contributed by atoms with Gasteiger partial charge in [0.25, 0.3) is 0 Å². The third-order valence-electron chi connectivity index (χ3n) is 1.14. The Balaban J connectivity index is 2.61. The van der Waals surface area contributed by atoms with Crippen molar-refractivity contribution < 1.29 is 4.84 Å². The minimum Gasteiger partial charge on any atom is -0.268 e. The zero-order chi connectivity index (χ0) is 8.27. The van der Waals surface area contributed by atoms with Crippen LogP contribution in [0.2, 0.25) is 0 Å². The van der Waals surface area contributed by atoms with Crippen LogP contribution in [-0.2, 0) is 4.84 Å². The summed E-state index contributed by atoms with van der Waals surface area (Å²) in [5.41, 5.74) is 0. The van der Waals surface area contributed by atoms with Crippen LogP contribution < -0.4 is 0 Å². The minimum absolute atomic E-state index is 0.0157. The second-order valence-corrected chi connectivity index (χ2v) is 3.19. The Morgan fingerprint density at radius 3 is 2.45 bits per heavy atom. The average molecular weight is 214 g/mol. The number of hydroxylamine groups is 2. The minimum atomic E-state index is 0.0157. The second-order valence-electron chi connectivity index (χ2n) is 1.88. The first-order valence-electron chi connectivity index (χ1n) is 2.98. The summed E-state index contributed by atoms with van der Waals surface area (Å²) in [6.45, 7) is 1.07. The third kappa shape index (κ3) is 2.56. The Kier molecular flexibility index (Phi) is 3.52. The van der Waals surface area contributed by atoms with E-state index in [1.165, 1.54) is 5.06 Å². The van der Waals surface area contributed by atoms with E-state index in [4.69, 9.17) is 39.6 Å². The molecule has 0 aromatic rings. The van der Waals surface area contributed by atoms with Gasteiger partial charge in [-0.1, -0.05) is 47.0 Å². The van der Waals surface area contributed by atoms with Crippen molar-refractivity contribution in [3.05, 3.63) is 21.8 Å². The Hall–Kier alpha value is 0.110. The van der Waals surface area contributed by atoms with Crippen LogP contribution in [0.3, 0.4) is 0 Å². The van der Waals surface area contributed by atoms with E-state index < -0.39 is 0 Å². The number of hydrogen-bond acceptors (Lipinski definition) is 2. The summed E-state index contributed by atoms with van der Waals surface area (Å²) in [5, 5.41) is 1.65. The van der Waals surface area contributed by atoms with Gasteiger partial charge in [0.15, 0.2) is 5.16 Å². The summed E-state index contributed by atoms with van der Waals surface area (Å²) in [6, 6.07) is 0. The molecular weight excluding hydrogens is 208 g/mol. The van der Waals surface area contributed by atoms with Crippen molar-refractivity contribution in [2.24, 2.45) is 0 Å². The summed E-state index contributed by atoms with van der Waals surface area (Å²) < 4.78 is 0.0157. The highest BCUT2D eigenvalue weighted by atomic mass is 35.5. The van der Waals surface area contributed by atoms with Crippen LogP contribution >= 0.6 is 34.8 Å². The highest BCUT2D eigenvalue weighted by Crippen LogP contribution is 2.22. The first-order valence-corrected chi connectivity index (χ1v) is 4.11. The molecule has 0 amide bonds. The monoisotopic (exact) mass is 213 g/mol. The molecule has 0 atom stereocenters. The van der Waals surface area contributed by atoms with Crippen molar-refractivity contribution in [2.75, 3.05) is 13.2 Å². The van der Waals surface area contributed by atoms with E-state index in [9.17, 15) is 0 Å². The molecule has 62 valence electrons. The zero-order valence-corrected chi connectivity index (χ0v) is 7.83. The van der Waals surface area contributed by atoms with E-state index >= 15 is 0 Å². The molecule has 0 saturated carbocycles. The fourth-order valence-corrected chi connectivity index (χ4v) is 0.961. The normalized spacial score (nSPS) is 16.8. The van der Waals surface area contributed by atoms with E-state index in [2.05, 4.69) is 0 Å². The summed E-state index contributed by atoms with van der Waals surface area (Å²) in [6.07, 6.45) is 3.81. The first kappa shape index (κ1) is 9.20. The van der Waals surface area contributed by atoms with Crippen molar-refractivity contribution in [1.29, 1.82) is 0 Å². The Bertz CT molecular complexity index is 198. The van der Waals surface area contributed by atoms with Crippen LogP contribution in [0.1, 0.15) is 0 Å². The van der Waals surface area contributed by atoms with E-state index in [0.717, 1.165) is 0 Å². The molecule has 0 aromatic carbocycles. The molecule has 0 N–H and O–H groups in total. The third-order valence-corrected chi connectivity index (χ3v) is 2.07. The van der Waals surface area contributed by atoms with Gasteiger partial charge in [-0.05, 0) is 0 Å². The predicted molar refractivity (Wildman–Crippen MR) is 46.4 cm³/mol. The maximum Gasteiger partial charge on any atom is 0.160 e. The molecule has 0 unspecified atom stereocenters. The fourth-order valence-electron chi connectivity index (χ4n) is 0.655. The highest BCUT2D eigenvalue weighted by Gasteiger charge is 2.11. The fraction of sp³-hybridized carbons (Fsp3) is 0.333. The average Bonchev–Trinajstić information content (AvgIpc) is 2.05. The van der Waals surface area contributed by atoms with Crippen LogP contribution in [-0.4, -0.2) is 18.2 Å². The summed E-state index contributed by atoms with van der Waals surface area (Å²) in [4.78, 5) is 5.09. The van der Waals surface area contributed by atoms with Gasteiger partial charge in [-0.2, -0.15) is 0 Å². The molecule has 11 heavy (non-hydrogen) atoms. The quantitative estimate of drug-likeness (QED) is 0.491. The molecule has 0 saturated heterocycles. The second kappa shape index (κ2) is 4.21. The molecule has 2 nitrogen and oxygen atoms in total. The van der Waals surface area contributed by atoms with Gasteiger partial charge in [0.2, 0.25) is 0 Å². The zero-order valence-electron chi connectivity index (χ0n) is 5.56. The van der Waals surface area contributed by atoms with Gasteiger partial charge in [-0.3, -0.25) is 4.84 Å². The molecule has 0 bridgehead atoms. The molecule has 1 aliphatic heterocycles. The van der Waals surface area contributed by atoms with Gasteiger partial charge in [0.05, 0.1) is 13.2 Å². The lowest BCUT2D eigenvalue weighted by atomic mass is 10.5. The molecule has 1 rings (SSSR count). The van der Waals surface area contributed by atoms with Crippen LogP contribution in [0.4, 0.5) is 0 Å². The molecule has 0 fully saturated rings. The molecule has 0 aliphatic carbocycles. The Labute approximate surface area is 79.9 Å². The molecule has 5 heteroatoms. The molecule has 0 spiro atoms. The molecule has 1 aliphatic rings. The standard InChI is InChI=1S/C6H6Cl3NO/c7-5(8)6(9)10-3-1-2-4-11-10/h1-2H,3-4H2. The smallest absolute Gasteiger partial charge is 0.160 e. The van der Waals surface area contributed by atoms with E-state index in [0.29, 0.717) is 13.2 Å². The number of rotatable bonds is 1. The van der Waals surface area contributed by atoms with Gasteiger partial charge in [0, 0.05) is 0 Å². The van der Waals surface area contributed by atoms with Crippen molar-refractivity contribution >= 4 is 34.8 Å². The molecule has 0 radical (unpaired) electrons. The maximum absolute atomic E-state index is 5.68. The van der Waals surface area contributed by atoms with Crippen LogP contribution in [0.25, 0.3) is 0 Å². The number of halogens is 3. The Morgan fingerprint density at radius 2 is 2.00 bits per heavy atom. The Morgan fingerprint density at radius 1 is 1.27 bits per heavy atom. The van der Waals surface area contributed by atoms with Crippen molar-refractivity contribution in [2.45, 2.75) is 0 Å². The predicted octanol–water partition coefficient (Wildman–Crippen LogP) is 2.63. The number of nitrogens with zero attached hydrogens (tertiary/aromatic N) is 1. The number of hydrogen-bond donors (Lipinski definition) is 0. The lowest BCUT2D eigenvalue weighted by Crippen LogP contribution is -2.24. The van der Waals surface area contributed by atoms with Crippen LogP contribution in [0.15, 0.2) is 21.8 Å². The summed E-state index contributed by atoms with van der Waals surface area (Å²) in [5.74, 6) is 0. The van der Waals surface area contributed by atoms with E-state index in [1.54, 1.807) is 0 Å². The van der Waals surface area contributed by atoms with Crippen LogP contribution in [0.5, 0.6) is 0 Å². The van der Waals surface area contributed by atoms with E-state index in [-0.39, 0.29) is 9.65 Å². The lowest BCUT2D eigenvalue weighted by Gasteiger charge is -2.23. The molecule has 0 aromatic heterocycles. The van der Waals surface area contributed by atoms with Crippen LogP contribution in [0, 0.1) is 0 Å². The first-order chi connectivity index (χ1) is 5.22. The van der Waals surface area contributed by atoms with Gasteiger partial charge < -0.3 is 0 Å². The van der Waals surface area contributed by atoms with Gasteiger partial charge in [-0.25, -0.2) is 5.06 Å². The highest BCUT2D eigenvalue weighted by molar-refractivity contribution is 6.59. The lowest BCUT2D eigenvalue weighted by molar-refractivity contribution is -0.110. The summed E-state index contributed by atoms with van der Waals surface area (Å²) >= 11 is 16.5. The largest absolute Gasteiger partial charge is 0.268 e. The van der Waals surface area contributed by atoms with Gasteiger partial charge in [-0.15, -0.1) is 0 Å². The topological polar surface area (TPSA) is 12.5 Å². The molecule has 1 heterocycles. The van der Waals surface area contributed by atoms with Crippen molar-refractivity contribution in [3.63, 3.8) is 0 Å². The van der Waals surface area contributed by atoms with E-state index in [1.807, 2.05) is 12.2 Å². The van der Waals surface area contributed by atoms with Crippen molar-refractivity contribution in [1.82, 2.24) is 5.06 Å². The van der Waals surface area contributed by atoms with Gasteiger partial charge in [0.1, 0.15) is 4.49 Å². The molecular formula is C6H6Cl3NO. The summed E-state index contributed by atoms with van der Waals surface area (Å²) in [7, 11) is 0.